The zero-order chi connectivity index (χ0) is 14.9. The highest BCUT2D eigenvalue weighted by atomic mass is 32.2. The summed E-state index contributed by atoms with van der Waals surface area (Å²) in [5, 5.41) is 10.7. The van der Waals surface area contributed by atoms with Gasteiger partial charge < -0.3 is 14.7 Å². The summed E-state index contributed by atoms with van der Waals surface area (Å²) in [6.45, 7) is 4.94. The molecule has 3 fully saturated rings. The summed E-state index contributed by atoms with van der Waals surface area (Å²) in [5.41, 5.74) is -0.899. The topological polar surface area (TPSA) is 73.3 Å². The highest BCUT2D eigenvalue weighted by molar-refractivity contribution is 7.86. The minimum atomic E-state index is -3.46. The molecule has 21 heavy (non-hydrogen) atoms. The van der Waals surface area contributed by atoms with E-state index in [1.165, 1.54) is 21.5 Å². The molecule has 8 heteroatoms. The molecule has 0 aromatic carbocycles. The smallest absolute Gasteiger partial charge is 0.282 e. The second-order valence-corrected chi connectivity index (χ2v) is 8.24. The molecule has 0 saturated carbocycles. The number of β-amino-alcohol motifs (C(OH)–C–C–N with tert-alkyl or cyclic N) is 1. The third kappa shape index (κ3) is 3.40. The summed E-state index contributed by atoms with van der Waals surface area (Å²) in [6.07, 6.45) is 2.87. The number of nitrogens with zero attached hydrogens (tertiary/aromatic N) is 3. The minimum absolute atomic E-state index is 0.211. The average molecular weight is 319 g/mol. The van der Waals surface area contributed by atoms with Gasteiger partial charge in [0.25, 0.3) is 10.2 Å². The number of likely N-dealkylation sites (tertiary alicyclic amines) is 1. The van der Waals surface area contributed by atoms with E-state index in [1.807, 2.05) is 0 Å². The number of aliphatic hydroxyl groups is 1. The molecule has 0 aromatic heterocycles. The predicted molar refractivity (Wildman–Crippen MR) is 78.1 cm³/mol. The van der Waals surface area contributed by atoms with Gasteiger partial charge in [0.1, 0.15) is 0 Å². The molecule has 3 heterocycles. The summed E-state index contributed by atoms with van der Waals surface area (Å²) >= 11 is 0. The van der Waals surface area contributed by atoms with Gasteiger partial charge in [-0.15, -0.1) is 0 Å². The first-order valence-electron chi connectivity index (χ1n) is 7.77. The lowest BCUT2D eigenvalue weighted by Gasteiger charge is -2.32. The summed E-state index contributed by atoms with van der Waals surface area (Å²) in [6, 6.07) is 0. The second-order valence-electron chi connectivity index (χ2n) is 6.31. The van der Waals surface area contributed by atoms with Crippen LogP contribution in [0.4, 0.5) is 0 Å². The minimum Gasteiger partial charge on any atom is -0.387 e. The molecule has 7 nitrogen and oxygen atoms in total. The Kier molecular flexibility index (Phi) is 4.54. The maximum Gasteiger partial charge on any atom is 0.282 e. The first-order valence-corrected chi connectivity index (χ1v) is 9.17. The van der Waals surface area contributed by atoms with Crippen LogP contribution < -0.4 is 0 Å². The SMILES string of the molecule is O=S(=O)(N1CCOCC1)N1CC[C@@](O)(CN2CCCC2)C1. The van der Waals surface area contributed by atoms with Crippen LogP contribution in [0.15, 0.2) is 0 Å². The van der Waals surface area contributed by atoms with E-state index in [0.717, 1.165) is 13.1 Å². The Morgan fingerprint density at radius 1 is 1.00 bits per heavy atom. The Balaban J connectivity index is 1.62. The van der Waals surface area contributed by atoms with Gasteiger partial charge >= 0.3 is 0 Å². The van der Waals surface area contributed by atoms with Crippen LogP contribution in [0.1, 0.15) is 19.3 Å². The van der Waals surface area contributed by atoms with Gasteiger partial charge in [0, 0.05) is 32.7 Å². The largest absolute Gasteiger partial charge is 0.387 e. The van der Waals surface area contributed by atoms with Crippen LogP contribution in [0.2, 0.25) is 0 Å². The molecule has 0 aromatic rings. The molecule has 3 saturated heterocycles. The molecule has 3 rings (SSSR count). The lowest BCUT2D eigenvalue weighted by atomic mass is 10.0. The fraction of sp³-hybridized carbons (Fsp3) is 1.00. The quantitative estimate of drug-likeness (QED) is 0.727. The van der Waals surface area contributed by atoms with E-state index in [2.05, 4.69) is 4.90 Å². The summed E-state index contributed by atoms with van der Waals surface area (Å²) in [7, 11) is -3.46. The van der Waals surface area contributed by atoms with E-state index < -0.39 is 15.8 Å². The van der Waals surface area contributed by atoms with Crippen molar-refractivity contribution < 1.29 is 18.3 Å². The highest BCUT2D eigenvalue weighted by Crippen LogP contribution is 2.27. The van der Waals surface area contributed by atoms with Gasteiger partial charge in [-0.25, -0.2) is 0 Å². The maximum absolute atomic E-state index is 12.6. The van der Waals surface area contributed by atoms with Crippen LogP contribution in [0, 0.1) is 0 Å². The molecule has 0 bridgehead atoms. The van der Waals surface area contributed by atoms with Crippen molar-refractivity contribution in [2.75, 3.05) is 59.0 Å². The van der Waals surface area contributed by atoms with Gasteiger partial charge in [0.05, 0.1) is 18.8 Å². The lowest BCUT2D eigenvalue weighted by Crippen LogP contribution is -2.50. The van der Waals surface area contributed by atoms with Crippen LogP contribution in [-0.2, 0) is 14.9 Å². The van der Waals surface area contributed by atoms with Gasteiger partial charge in [-0.2, -0.15) is 17.0 Å². The molecule has 0 spiro atoms. The van der Waals surface area contributed by atoms with Crippen molar-refractivity contribution >= 4 is 10.2 Å². The number of ether oxygens (including phenoxy) is 1. The van der Waals surface area contributed by atoms with E-state index >= 15 is 0 Å². The molecule has 122 valence electrons. The number of hydrogen-bond donors (Lipinski definition) is 1. The second kappa shape index (κ2) is 6.10. The molecular formula is C13H25N3O4S. The zero-order valence-corrected chi connectivity index (χ0v) is 13.2. The third-order valence-corrected chi connectivity index (χ3v) is 6.62. The average Bonchev–Trinajstić information content (AvgIpc) is 3.10. The third-order valence-electron chi connectivity index (χ3n) is 4.64. The molecule has 0 aliphatic carbocycles. The van der Waals surface area contributed by atoms with Crippen molar-refractivity contribution in [1.82, 2.24) is 13.5 Å². The van der Waals surface area contributed by atoms with Crippen LogP contribution in [0.5, 0.6) is 0 Å². The number of morpholine rings is 1. The van der Waals surface area contributed by atoms with Gasteiger partial charge in [0.2, 0.25) is 0 Å². The Bertz CT molecular complexity index is 460. The Morgan fingerprint density at radius 2 is 1.67 bits per heavy atom. The first-order chi connectivity index (χ1) is 10.00. The normalized spacial score (nSPS) is 33.8. The Morgan fingerprint density at radius 3 is 2.33 bits per heavy atom. The van der Waals surface area contributed by atoms with E-state index in [-0.39, 0.29) is 6.54 Å². The van der Waals surface area contributed by atoms with Gasteiger partial charge in [-0.1, -0.05) is 0 Å². The van der Waals surface area contributed by atoms with Crippen molar-refractivity contribution in [1.29, 1.82) is 0 Å². The zero-order valence-electron chi connectivity index (χ0n) is 12.4. The van der Waals surface area contributed by atoms with Crippen LogP contribution in [-0.4, -0.2) is 91.7 Å². The van der Waals surface area contributed by atoms with Gasteiger partial charge in [-0.05, 0) is 32.4 Å². The first kappa shape index (κ1) is 15.6. The summed E-state index contributed by atoms with van der Waals surface area (Å²) < 4.78 is 33.3. The van der Waals surface area contributed by atoms with Crippen molar-refractivity contribution in [3.8, 4) is 0 Å². The van der Waals surface area contributed by atoms with E-state index in [0.29, 0.717) is 45.8 Å². The van der Waals surface area contributed by atoms with E-state index in [4.69, 9.17) is 4.74 Å². The van der Waals surface area contributed by atoms with Crippen molar-refractivity contribution in [3.63, 3.8) is 0 Å². The number of hydrogen-bond acceptors (Lipinski definition) is 5. The molecule has 0 radical (unpaired) electrons. The monoisotopic (exact) mass is 319 g/mol. The molecule has 0 amide bonds. The predicted octanol–water partition coefficient (Wildman–Crippen LogP) is -0.904. The Hall–Kier alpha value is -0.250. The molecule has 3 aliphatic rings. The van der Waals surface area contributed by atoms with E-state index in [1.54, 1.807) is 0 Å². The molecule has 0 unspecified atom stereocenters. The standard InChI is InChI=1S/C13H25N3O4S/c17-13(11-14-4-1-2-5-14)3-6-16(12-13)21(18,19)15-7-9-20-10-8-15/h17H,1-12H2/t13-/m1/s1. The van der Waals surface area contributed by atoms with Crippen molar-refractivity contribution in [2.45, 2.75) is 24.9 Å². The van der Waals surface area contributed by atoms with Crippen LogP contribution in [0.3, 0.4) is 0 Å². The van der Waals surface area contributed by atoms with Gasteiger partial charge in [0.15, 0.2) is 0 Å². The fourth-order valence-electron chi connectivity index (χ4n) is 3.44. The maximum atomic E-state index is 12.6. The van der Waals surface area contributed by atoms with Crippen LogP contribution >= 0.6 is 0 Å². The Labute approximate surface area is 126 Å². The van der Waals surface area contributed by atoms with Gasteiger partial charge in [-0.3, -0.25) is 0 Å². The molecule has 1 atom stereocenters. The lowest BCUT2D eigenvalue weighted by molar-refractivity contribution is 0.0223. The summed E-state index contributed by atoms with van der Waals surface area (Å²) in [5.74, 6) is 0. The fourth-order valence-corrected chi connectivity index (χ4v) is 5.11. The number of rotatable bonds is 4. The molecule has 1 N–H and O–H groups in total. The highest BCUT2D eigenvalue weighted by Gasteiger charge is 2.44. The van der Waals surface area contributed by atoms with E-state index in [9.17, 15) is 13.5 Å². The summed E-state index contributed by atoms with van der Waals surface area (Å²) in [4.78, 5) is 2.24. The molecular weight excluding hydrogens is 294 g/mol. The van der Waals surface area contributed by atoms with Crippen molar-refractivity contribution in [3.05, 3.63) is 0 Å². The van der Waals surface area contributed by atoms with Crippen LogP contribution in [0.25, 0.3) is 0 Å². The van der Waals surface area contributed by atoms with Crippen molar-refractivity contribution in [2.24, 2.45) is 0 Å². The molecule has 3 aliphatic heterocycles.